The minimum Gasteiger partial charge on any atom is -0.479 e. The van der Waals surface area contributed by atoms with Gasteiger partial charge in [0.2, 0.25) is 11.2 Å². The third kappa shape index (κ3) is 7.88. The van der Waals surface area contributed by atoms with Crippen LogP contribution in [-0.2, 0) is 33.3 Å². The van der Waals surface area contributed by atoms with E-state index in [9.17, 15) is 85.9 Å². The Labute approximate surface area is 290 Å². The van der Waals surface area contributed by atoms with Crippen molar-refractivity contribution in [1.29, 1.82) is 0 Å². The number of ether oxygens (including phenoxy) is 4. The Morgan fingerprint density at radius 1 is 0.588 bits per heavy atom. The van der Waals surface area contributed by atoms with Gasteiger partial charge in [-0.25, -0.2) is 14.4 Å². The van der Waals surface area contributed by atoms with E-state index in [1.165, 1.54) is 20.8 Å². The standard InChI is InChI=1S/C30H50O21/c1-10-13(33)4-28(25(42)43,49-22(10)19(39)16(36)7-31)29(26(44)45)5-14(34)11(2)23(50-29)21(41)18(38)9-48-30(27(46)47)6-15(35)12(3)24(51-30)20(40)17(37)8-32/h10-24,31-41H,4-9H2,1-3H3,(H,42,43)(H,44,45)(H,46,47)/t10-,11-,12-,13?,14?,15?,16-,17-,18-,19-,20-,21-,22-,23-,24-,28?,29?,30?/m1/s1. The number of hydrogen-bond donors (Lipinski definition) is 14. The van der Waals surface area contributed by atoms with Crippen LogP contribution in [0.3, 0.4) is 0 Å². The minimum absolute atomic E-state index is 0.793. The second kappa shape index (κ2) is 16.4. The molecule has 51 heavy (non-hydrogen) atoms. The molecule has 3 fully saturated rings. The molecule has 0 radical (unpaired) electrons. The van der Waals surface area contributed by atoms with E-state index in [0.717, 1.165) is 0 Å². The van der Waals surface area contributed by atoms with Crippen LogP contribution in [-0.4, -0.2) is 199 Å². The van der Waals surface area contributed by atoms with Crippen LogP contribution in [0.4, 0.5) is 0 Å². The first kappa shape index (κ1) is 43.2. The SMILES string of the molecule is C[C@@H]1C(O)CC(OC[C@@H](O)[C@@H](O)[C@@H]2OC(C(=O)O)(C3(C(=O)O)CC(O)[C@@H](C)[C@H]([C@H](O)[C@H](O)CO)O3)CC(O)[C@H]2C)(C(=O)O)O[C@H]1[C@H](O)[C@H](O)CO. The number of aliphatic hydroxyl groups is 11. The summed E-state index contributed by atoms with van der Waals surface area (Å²) in [6, 6.07) is 0. The van der Waals surface area contributed by atoms with Crippen LogP contribution in [0.1, 0.15) is 40.0 Å². The lowest BCUT2D eigenvalue weighted by molar-refractivity contribution is -0.331. The third-order valence-electron chi connectivity index (χ3n) is 10.6. The van der Waals surface area contributed by atoms with E-state index in [0.29, 0.717) is 0 Å². The molecule has 0 aliphatic carbocycles. The summed E-state index contributed by atoms with van der Waals surface area (Å²) in [5.74, 6) is -12.3. The molecule has 0 saturated carbocycles. The van der Waals surface area contributed by atoms with Crippen LogP contribution in [0, 0.1) is 17.8 Å². The van der Waals surface area contributed by atoms with Crippen LogP contribution < -0.4 is 0 Å². The lowest BCUT2D eigenvalue weighted by atomic mass is 9.67. The van der Waals surface area contributed by atoms with Gasteiger partial charge in [-0.05, 0) is 0 Å². The molecule has 0 aromatic rings. The molecule has 21 nitrogen and oxygen atoms in total. The fraction of sp³-hybridized carbons (Fsp3) is 0.900. The van der Waals surface area contributed by atoms with Crippen molar-refractivity contribution >= 4 is 17.9 Å². The average molecular weight is 747 g/mol. The van der Waals surface area contributed by atoms with E-state index in [2.05, 4.69) is 0 Å². The van der Waals surface area contributed by atoms with Crippen molar-refractivity contribution < 1.29 is 105 Å². The van der Waals surface area contributed by atoms with Crippen molar-refractivity contribution in [3.63, 3.8) is 0 Å². The lowest BCUT2D eigenvalue weighted by Crippen LogP contribution is -2.76. The quantitative estimate of drug-likeness (QED) is 0.0741. The molecular weight excluding hydrogens is 696 g/mol. The molecule has 3 heterocycles. The molecular formula is C30H50O21. The van der Waals surface area contributed by atoms with E-state index in [-0.39, 0.29) is 0 Å². The Hall–Kier alpha value is -2.19. The van der Waals surface area contributed by atoms with Crippen LogP contribution in [0.2, 0.25) is 0 Å². The summed E-state index contributed by atoms with van der Waals surface area (Å²) < 4.78 is 22.3. The lowest BCUT2D eigenvalue weighted by Gasteiger charge is -2.56. The zero-order valence-electron chi connectivity index (χ0n) is 28.0. The number of aliphatic carboxylic acids is 3. The molecule has 0 spiro atoms. The van der Waals surface area contributed by atoms with Gasteiger partial charge in [0.25, 0.3) is 5.79 Å². The zero-order valence-corrected chi connectivity index (χ0v) is 28.0. The van der Waals surface area contributed by atoms with E-state index in [4.69, 9.17) is 18.9 Å². The number of carboxylic acid groups (broad SMARTS) is 3. The van der Waals surface area contributed by atoms with Crippen molar-refractivity contribution in [3.05, 3.63) is 0 Å². The minimum atomic E-state index is -3.17. The zero-order chi connectivity index (χ0) is 39.0. The van der Waals surface area contributed by atoms with Crippen molar-refractivity contribution in [2.75, 3.05) is 19.8 Å². The molecule has 0 bridgehead atoms. The Bertz CT molecular complexity index is 1220. The largest absolute Gasteiger partial charge is 0.479 e. The fourth-order valence-electron chi connectivity index (χ4n) is 7.00. The van der Waals surface area contributed by atoms with Crippen molar-refractivity contribution in [3.8, 4) is 0 Å². The molecule has 3 saturated heterocycles. The molecule has 14 N–H and O–H groups in total. The van der Waals surface area contributed by atoms with E-state index in [1.807, 2.05) is 0 Å². The molecule has 0 aromatic heterocycles. The van der Waals surface area contributed by atoms with Crippen molar-refractivity contribution in [2.24, 2.45) is 17.8 Å². The second-order valence-corrected chi connectivity index (χ2v) is 13.8. The maximum absolute atomic E-state index is 13.1. The van der Waals surface area contributed by atoms with Crippen LogP contribution in [0.15, 0.2) is 0 Å². The Morgan fingerprint density at radius 3 is 1.25 bits per heavy atom. The normalized spacial score (nSPS) is 42.6. The number of hydrogen-bond acceptors (Lipinski definition) is 18. The van der Waals surface area contributed by atoms with Gasteiger partial charge < -0.3 is 90.4 Å². The average Bonchev–Trinajstić information content (AvgIpc) is 3.08. The molecule has 0 aromatic carbocycles. The predicted molar refractivity (Wildman–Crippen MR) is 161 cm³/mol. The summed E-state index contributed by atoms with van der Waals surface area (Å²) in [7, 11) is 0. The number of aliphatic hydroxyl groups excluding tert-OH is 11. The molecule has 6 unspecified atom stereocenters. The first-order valence-corrected chi connectivity index (χ1v) is 16.3. The predicted octanol–water partition coefficient (Wildman–Crippen LogP) is -6.06. The van der Waals surface area contributed by atoms with Gasteiger partial charge in [-0.1, -0.05) is 20.8 Å². The maximum Gasteiger partial charge on any atom is 0.364 e. The van der Waals surface area contributed by atoms with E-state index in [1.54, 1.807) is 0 Å². The highest BCUT2D eigenvalue weighted by atomic mass is 16.7. The first-order chi connectivity index (χ1) is 23.6. The van der Waals surface area contributed by atoms with Gasteiger partial charge in [-0.3, -0.25) is 0 Å². The second-order valence-electron chi connectivity index (χ2n) is 13.8. The summed E-state index contributed by atoms with van der Waals surface area (Å²) in [6.45, 7) is 0.733. The Kier molecular flexibility index (Phi) is 13.9. The number of rotatable bonds is 15. The van der Waals surface area contributed by atoms with Crippen LogP contribution in [0.25, 0.3) is 0 Å². The fourth-order valence-corrected chi connectivity index (χ4v) is 7.00. The molecule has 3 aliphatic rings. The van der Waals surface area contributed by atoms with Crippen LogP contribution >= 0.6 is 0 Å². The van der Waals surface area contributed by atoms with E-state index >= 15 is 0 Å². The number of carbonyl (C=O) groups is 3. The summed E-state index contributed by atoms with van der Waals surface area (Å²) >= 11 is 0. The summed E-state index contributed by atoms with van der Waals surface area (Å²) in [5.41, 5.74) is -6.32. The summed E-state index contributed by atoms with van der Waals surface area (Å²) in [6.07, 6.45) is -25.6. The first-order valence-electron chi connectivity index (χ1n) is 16.3. The Morgan fingerprint density at radius 2 is 0.922 bits per heavy atom. The molecule has 296 valence electrons. The topological polar surface area (TPSA) is 371 Å². The van der Waals surface area contributed by atoms with Gasteiger partial charge in [0.1, 0.15) is 36.6 Å². The molecule has 3 rings (SSSR count). The van der Waals surface area contributed by atoms with Gasteiger partial charge >= 0.3 is 17.9 Å². The smallest absolute Gasteiger partial charge is 0.364 e. The molecule has 3 aliphatic heterocycles. The summed E-state index contributed by atoms with van der Waals surface area (Å²) in [5, 5.41) is 146. The number of carboxylic acids is 3. The molecule has 18 atom stereocenters. The molecule has 21 heteroatoms. The van der Waals surface area contributed by atoms with Gasteiger partial charge in [-0.2, -0.15) is 0 Å². The maximum atomic E-state index is 13.1. The third-order valence-corrected chi connectivity index (χ3v) is 10.6. The van der Waals surface area contributed by atoms with Crippen molar-refractivity contribution in [2.45, 2.75) is 130 Å². The highest BCUT2D eigenvalue weighted by Crippen LogP contribution is 2.50. The van der Waals surface area contributed by atoms with Crippen LogP contribution in [0.5, 0.6) is 0 Å². The monoisotopic (exact) mass is 746 g/mol. The Balaban J connectivity index is 1.97. The van der Waals surface area contributed by atoms with Gasteiger partial charge in [0.05, 0.1) is 56.4 Å². The summed E-state index contributed by atoms with van der Waals surface area (Å²) in [4.78, 5) is 38.4. The highest BCUT2D eigenvalue weighted by molar-refractivity contribution is 5.91. The van der Waals surface area contributed by atoms with Gasteiger partial charge in [0, 0.05) is 37.0 Å². The van der Waals surface area contributed by atoms with Crippen molar-refractivity contribution in [1.82, 2.24) is 0 Å². The van der Waals surface area contributed by atoms with Gasteiger partial charge in [0.15, 0.2) is 0 Å². The van der Waals surface area contributed by atoms with Gasteiger partial charge in [-0.15, -0.1) is 0 Å². The van der Waals surface area contributed by atoms with E-state index < -0.39 is 165 Å². The molecule has 0 amide bonds. The highest BCUT2D eigenvalue weighted by Gasteiger charge is 2.72.